The molecule has 3 nitrogen and oxygen atoms in total. The van der Waals surface area contributed by atoms with Gasteiger partial charge in [-0.2, -0.15) is 0 Å². The fourth-order valence-corrected chi connectivity index (χ4v) is 3.73. The molecule has 0 aliphatic carbocycles. The molecular weight excluding hydrogens is 355 g/mol. The molecule has 134 valence electrons. The molecule has 2 aliphatic heterocycles. The largest absolute Gasteiger partial charge is 0.387 e. The van der Waals surface area contributed by atoms with Gasteiger partial charge >= 0.3 is 0 Å². The summed E-state index contributed by atoms with van der Waals surface area (Å²) < 4.78 is 5.63. The average molecular weight is 379 g/mol. The van der Waals surface area contributed by atoms with E-state index >= 15 is 0 Å². The number of nitrogens with one attached hydrogen (secondary N) is 1. The highest BCUT2D eigenvalue weighted by Crippen LogP contribution is 2.34. The van der Waals surface area contributed by atoms with E-state index in [-0.39, 0.29) is 24.8 Å². The first-order chi connectivity index (χ1) is 11.4. The number of rotatable bonds is 3. The van der Waals surface area contributed by atoms with E-state index in [9.17, 15) is 0 Å². The van der Waals surface area contributed by atoms with Crippen molar-refractivity contribution in [3.63, 3.8) is 0 Å². The van der Waals surface area contributed by atoms with Gasteiger partial charge in [0.1, 0.15) is 0 Å². The molecule has 0 bridgehead atoms. The number of halogens is 2. The summed E-state index contributed by atoms with van der Waals surface area (Å²) in [6.45, 7) is 3.44. The maximum absolute atomic E-state index is 5.63. The van der Waals surface area contributed by atoms with Crippen molar-refractivity contribution in [2.24, 2.45) is 0 Å². The van der Waals surface area contributed by atoms with Crippen LogP contribution >= 0.6 is 24.8 Å². The topological polar surface area (TPSA) is 24.5 Å². The predicted octanol–water partition coefficient (Wildman–Crippen LogP) is 3.81. The van der Waals surface area contributed by atoms with E-state index < -0.39 is 0 Å². The highest BCUT2D eigenvalue weighted by molar-refractivity contribution is 5.85. The Labute approximate surface area is 161 Å². The molecule has 0 unspecified atom stereocenters. The molecule has 2 aromatic carbocycles. The maximum Gasteiger partial charge on any atom is 0.0880 e. The van der Waals surface area contributed by atoms with Crippen LogP contribution in [0, 0.1) is 0 Å². The zero-order valence-electron chi connectivity index (χ0n) is 14.0. The number of fused-ring (bicyclic) bond motifs is 1. The molecule has 25 heavy (non-hydrogen) atoms. The molecule has 0 aromatic heterocycles. The summed E-state index contributed by atoms with van der Waals surface area (Å²) in [5.74, 6) is 0.353. The SMILES string of the molecule is C1=C2COCCN2[C@H](C(c2ccccc2)c2ccccc2)CN1.Cl.Cl. The van der Waals surface area contributed by atoms with Crippen LogP contribution in [0.4, 0.5) is 0 Å². The van der Waals surface area contributed by atoms with E-state index in [1.807, 2.05) is 0 Å². The maximum atomic E-state index is 5.63. The van der Waals surface area contributed by atoms with Crippen molar-refractivity contribution < 1.29 is 4.74 Å². The Bertz CT molecular complexity index is 639. The van der Waals surface area contributed by atoms with Crippen LogP contribution in [-0.2, 0) is 4.74 Å². The second-order valence-electron chi connectivity index (χ2n) is 6.16. The summed E-state index contributed by atoms with van der Waals surface area (Å²) in [4.78, 5) is 2.53. The van der Waals surface area contributed by atoms with Gasteiger partial charge in [0.05, 0.1) is 25.0 Å². The van der Waals surface area contributed by atoms with Crippen LogP contribution in [0.15, 0.2) is 72.6 Å². The van der Waals surface area contributed by atoms with E-state index in [1.54, 1.807) is 0 Å². The lowest BCUT2D eigenvalue weighted by Gasteiger charge is -2.45. The fraction of sp³-hybridized carbons (Fsp3) is 0.300. The Morgan fingerprint density at radius 2 is 1.52 bits per heavy atom. The van der Waals surface area contributed by atoms with Gasteiger partial charge < -0.3 is 15.0 Å². The van der Waals surface area contributed by atoms with Crippen molar-refractivity contribution in [1.82, 2.24) is 10.2 Å². The van der Waals surface area contributed by atoms with Gasteiger partial charge in [-0.1, -0.05) is 60.7 Å². The molecular formula is C20H24Cl2N2O. The molecule has 1 atom stereocenters. The Kier molecular flexibility index (Phi) is 7.18. The highest BCUT2D eigenvalue weighted by atomic mass is 35.5. The third kappa shape index (κ3) is 4.12. The first-order valence-corrected chi connectivity index (χ1v) is 8.30. The van der Waals surface area contributed by atoms with Gasteiger partial charge in [-0.05, 0) is 11.1 Å². The van der Waals surface area contributed by atoms with Gasteiger partial charge in [0.15, 0.2) is 0 Å². The van der Waals surface area contributed by atoms with Crippen molar-refractivity contribution in [3.05, 3.63) is 83.7 Å². The molecule has 2 heterocycles. The first kappa shape index (κ1) is 19.6. The molecule has 1 saturated heterocycles. The normalized spacial score (nSPS) is 19.0. The summed E-state index contributed by atoms with van der Waals surface area (Å²) >= 11 is 0. The van der Waals surface area contributed by atoms with Crippen molar-refractivity contribution in [1.29, 1.82) is 0 Å². The monoisotopic (exact) mass is 378 g/mol. The predicted molar refractivity (Wildman–Crippen MR) is 107 cm³/mol. The quantitative estimate of drug-likeness (QED) is 0.878. The number of nitrogens with zero attached hydrogens (tertiary/aromatic N) is 1. The smallest absolute Gasteiger partial charge is 0.0880 e. The van der Waals surface area contributed by atoms with Gasteiger partial charge in [-0.15, -0.1) is 24.8 Å². The van der Waals surface area contributed by atoms with Crippen LogP contribution in [0.5, 0.6) is 0 Å². The minimum absolute atomic E-state index is 0. The highest BCUT2D eigenvalue weighted by Gasteiger charge is 2.34. The Hall–Kier alpha value is -1.68. The van der Waals surface area contributed by atoms with Crippen LogP contribution in [0.25, 0.3) is 0 Å². The summed E-state index contributed by atoms with van der Waals surface area (Å²) in [6.07, 6.45) is 2.11. The summed E-state index contributed by atoms with van der Waals surface area (Å²) in [5.41, 5.74) is 4.01. The van der Waals surface area contributed by atoms with Gasteiger partial charge in [-0.25, -0.2) is 0 Å². The number of morpholine rings is 1. The molecule has 5 heteroatoms. The van der Waals surface area contributed by atoms with Gasteiger partial charge in [0, 0.05) is 25.2 Å². The lowest BCUT2D eigenvalue weighted by molar-refractivity contribution is 0.0443. The molecule has 0 spiro atoms. The van der Waals surface area contributed by atoms with Crippen LogP contribution in [0.1, 0.15) is 17.0 Å². The second kappa shape index (κ2) is 9.14. The van der Waals surface area contributed by atoms with Gasteiger partial charge in [0.2, 0.25) is 0 Å². The van der Waals surface area contributed by atoms with Crippen LogP contribution in [0.2, 0.25) is 0 Å². The molecule has 1 N–H and O–H groups in total. The average Bonchev–Trinajstić information content (AvgIpc) is 2.64. The summed E-state index contributed by atoms with van der Waals surface area (Å²) in [6, 6.07) is 22.1. The zero-order valence-corrected chi connectivity index (χ0v) is 15.6. The molecule has 2 aromatic rings. The van der Waals surface area contributed by atoms with Crippen molar-refractivity contribution in [3.8, 4) is 0 Å². The van der Waals surface area contributed by atoms with Gasteiger partial charge in [0.25, 0.3) is 0 Å². The Balaban J connectivity index is 0.00000113. The number of hydrogen-bond acceptors (Lipinski definition) is 3. The second-order valence-corrected chi connectivity index (χ2v) is 6.16. The van der Waals surface area contributed by atoms with E-state index in [2.05, 4.69) is 77.1 Å². The van der Waals surface area contributed by atoms with Crippen LogP contribution in [-0.4, -0.2) is 37.2 Å². The van der Waals surface area contributed by atoms with E-state index in [0.29, 0.717) is 18.6 Å². The third-order valence-corrected chi connectivity index (χ3v) is 4.79. The van der Waals surface area contributed by atoms with E-state index in [1.165, 1.54) is 16.8 Å². The number of hydrogen-bond donors (Lipinski definition) is 1. The van der Waals surface area contributed by atoms with E-state index in [0.717, 1.165) is 19.7 Å². The van der Waals surface area contributed by atoms with E-state index in [4.69, 9.17) is 4.74 Å². The van der Waals surface area contributed by atoms with Gasteiger partial charge in [-0.3, -0.25) is 0 Å². The van der Waals surface area contributed by atoms with Crippen molar-refractivity contribution in [2.45, 2.75) is 12.0 Å². The van der Waals surface area contributed by atoms with Crippen LogP contribution < -0.4 is 5.32 Å². The fourth-order valence-electron chi connectivity index (χ4n) is 3.73. The summed E-state index contributed by atoms with van der Waals surface area (Å²) in [7, 11) is 0. The lowest BCUT2D eigenvalue weighted by Crippen LogP contribution is -2.52. The number of benzene rings is 2. The minimum atomic E-state index is 0. The Morgan fingerprint density at radius 3 is 2.12 bits per heavy atom. The molecule has 0 amide bonds. The van der Waals surface area contributed by atoms with Crippen LogP contribution in [0.3, 0.4) is 0 Å². The number of ether oxygens (including phenoxy) is 1. The third-order valence-electron chi connectivity index (χ3n) is 4.79. The minimum Gasteiger partial charge on any atom is -0.387 e. The Morgan fingerprint density at radius 1 is 0.920 bits per heavy atom. The molecule has 1 fully saturated rings. The molecule has 2 aliphatic rings. The molecule has 0 radical (unpaired) electrons. The molecule has 0 saturated carbocycles. The summed E-state index contributed by atoms with van der Waals surface area (Å²) in [5, 5.41) is 3.47. The standard InChI is InChI=1S/C20H22N2O.2ClH/c1-3-7-16(8-4-1)20(17-9-5-2-6-10-17)19-14-21-13-18-15-23-12-11-22(18)19;;/h1-10,13,19-21H,11-12,14-15H2;2*1H/t19-;;/m0../s1. The first-order valence-electron chi connectivity index (χ1n) is 8.30. The zero-order chi connectivity index (χ0) is 15.5. The van der Waals surface area contributed by atoms with Crippen molar-refractivity contribution in [2.75, 3.05) is 26.3 Å². The van der Waals surface area contributed by atoms with Crippen molar-refractivity contribution >= 4 is 24.8 Å². The lowest BCUT2D eigenvalue weighted by atomic mass is 9.83. The molecule has 4 rings (SSSR count).